The van der Waals surface area contributed by atoms with Gasteiger partial charge in [-0.25, -0.2) is 0 Å². The van der Waals surface area contributed by atoms with Gasteiger partial charge in [0.1, 0.15) is 17.2 Å². The van der Waals surface area contributed by atoms with E-state index in [1.54, 1.807) is 0 Å². The Hall–Kier alpha value is -2.94. The lowest BCUT2D eigenvalue weighted by Crippen LogP contribution is -2.10. The van der Waals surface area contributed by atoms with Crippen molar-refractivity contribution < 1.29 is 14.2 Å². The second kappa shape index (κ2) is 31.0. The van der Waals surface area contributed by atoms with Crippen molar-refractivity contribution in [1.82, 2.24) is 0 Å². The molecule has 3 nitrogen and oxygen atoms in total. The summed E-state index contributed by atoms with van der Waals surface area (Å²) >= 11 is 0. The second-order valence-electron chi connectivity index (χ2n) is 17.6. The molecule has 59 heavy (non-hydrogen) atoms. The molecule has 0 aromatic heterocycles. The normalized spacial score (nSPS) is 11.4. The minimum absolute atomic E-state index is 0.757. The Kier molecular flexibility index (Phi) is 26.5. The zero-order valence-corrected chi connectivity index (χ0v) is 39.9. The molecule has 0 saturated carbocycles. The SMILES string of the molecule is CCCCCCCOc1c(CCC)cc(CCC)cc1Cc1cc(CCC)cc(Cc2cc(CCC)cc(CCC)c2OCCCCCCC)c1OCCCCCCC. The lowest BCUT2D eigenvalue weighted by Gasteiger charge is -2.23. The second-order valence-corrected chi connectivity index (χ2v) is 17.6. The molecule has 0 bridgehead atoms. The van der Waals surface area contributed by atoms with E-state index in [0.717, 1.165) is 133 Å². The maximum absolute atomic E-state index is 7.11. The van der Waals surface area contributed by atoms with Gasteiger partial charge in [0.05, 0.1) is 19.8 Å². The highest BCUT2D eigenvalue weighted by Crippen LogP contribution is 2.38. The molecule has 3 heteroatoms. The van der Waals surface area contributed by atoms with Gasteiger partial charge < -0.3 is 14.2 Å². The molecule has 332 valence electrons. The van der Waals surface area contributed by atoms with E-state index in [1.807, 2.05) is 0 Å². The van der Waals surface area contributed by atoms with Gasteiger partial charge in [0.15, 0.2) is 0 Å². The van der Waals surface area contributed by atoms with Crippen LogP contribution in [0.2, 0.25) is 0 Å². The first-order chi connectivity index (χ1) is 29.0. The van der Waals surface area contributed by atoms with Gasteiger partial charge >= 0.3 is 0 Å². The first kappa shape index (κ1) is 50.4. The highest BCUT2D eigenvalue weighted by molar-refractivity contribution is 5.55. The van der Waals surface area contributed by atoms with E-state index in [0.29, 0.717) is 0 Å². The third-order valence-corrected chi connectivity index (χ3v) is 11.8. The standard InChI is InChI=1S/C56H90O3/c1-9-17-20-23-26-34-57-54-48(32-15-7)37-45(29-12-4)39-50(54)43-52-41-47(31-14-6)42-53(56(52)59-36-28-25-22-19-11-3)44-51-40-46(30-13-5)38-49(33-16-8)55(51)58-35-27-24-21-18-10-2/h37-42H,9-36,43-44H2,1-8H3. The summed E-state index contributed by atoms with van der Waals surface area (Å²) in [5, 5.41) is 0. The molecule has 0 aliphatic heterocycles. The van der Waals surface area contributed by atoms with Gasteiger partial charge in [0.2, 0.25) is 0 Å². The molecule has 3 aromatic carbocycles. The molecule has 0 atom stereocenters. The summed E-state index contributed by atoms with van der Waals surface area (Å²) < 4.78 is 20.9. The van der Waals surface area contributed by atoms with Gasteiger partial charge in [-0.3, -0.25) is 0 Å². The Morgan fingerprint density at radius 3 is 0.797 bits per heavy atom. The van der Waals surface area contributed by atoms with Crippen molar-refractivity contribution in [3.63, 3.8) is 0 Å². The quantitative estimate of drug-likeness (QED) is 0.0554. The molecule has 0 saturated heterocycles. The maximum atomic E-state index is 7.11. The maximum Gasteiger partial charge on any atom is 0.126 e. The molecule has 3 rings (SSSR count). The van der Waals surface area contributed by atoms with Crippen molar-refractivity contribution in [2.45, 2.75) is 229 Å². The van der Waals surface area contributed by atoms with Gasteiger partial charge in [0.25, 0.3) is 0 Å². The first-order valence-corrected chi connectivity index (χ1v) is 25.3. The summed E-state index contributed by atoms with van der Waals surface area (Å²) in [4.78, 5) is 0. The lowest BCUT2D eigenvalue weighted by atomic mass is 9.89. The summed E-state index contributed by atoms with van der Waals surface area (Å²) in [6.07, 6.45) is 31.3. The molecule has 0 aliphatic rings. The molecule has 0 aliphatic carbocycles. The number of ether oxygens (including phenoxy) is 3. The van der Waals surface area contributed by atoms with Crippen LogP contribution in [0.4, 0.5) is 0 Å². The number of benzene rings is 3. The van der Waals surface area contributed by atoms with E-state index < -0.39 is 0 Å². The highest BCUT2D eigenvalue weighted by Gasteiger charge is 2.21. The zero-order valence-electron chi connectivity index (χ0n) is 39.9. The van der Waals surface area contributed by atoms with Gasteiger partial charge in [-0.05, 0) is 101 Å². The first-order valence-electron chi connectivity index (χ1n) is 25.3. The van der Waals surface area contributed by atoms with E-state index in [1.165, 1.54) is 127 Å². The monoisotopic (exact) mass is 811 g/mol. The Morgan fingerprint density at radius 2 is 0.525 bits per heavy atom. The topological polar surface area (TPSA) is 27.7 Å². The Bertz CT molecular complexity index is 1450. The van der Waals surface area contributed by atoms with Crippen LogP contribution in [-0.4, -0.2) is 19.8 Å². The van der Waals surface area contributed by atoms with Crippen LogP contribution < -0.4 is 14.2 Å². The van der Waals surface area contributed by atoms with E-state index in [2.05, 4.69) is 91.8 Å². The molecule has 0 spiro atoms. The van der Waals surface area contributed by atoms with Crippen molar-refractivity contribution >= 4 is 0 Å². The predicted octanol–water partition coefficient (Wildman–Crippen LogP) is 16.7. The fourth-order valence-corrected chi connectivity index (χ4v) is 8.82. The smallest absolute Gasteiger partial charge is 0.126 e. The fourth-order valence-electron chi connectivity index (χ4n) is 8.82. The summed E-state index contributed by atoms with van der Waals surface area (Å²) in [6.45, 7) is 20.7. The molecule has 0 fully saturated rings. The fraction of sp³-hybridized carbons (Fsp3) is 0.679. The number of unbranched alkanes of at least 4 members (excludes halogenated alkanes) is 12. The van der Waals surface area contributed by atoms with Crippen molar-refractivity contribution in [1.29, 1.82) is 0 Å². The van der Waals surface area contributed by atoms with Crippen LogP contribution in [0.1, 0.15) is 234 Å². The van der Waals surface area contributed by atoms with Crippen molar-refractivity contribution in [2.24, 2.45) is 0 Å². The number of hydrogen-bond donors (Lipinski definition) is 0. The van der Waals surface area contributed by atoms with Crippen LogP contribution in [-0.2, 0) is 44.9 Å². The molecule has 0 radical (unpaired) electrons. The summed E-state index contributed by atoms with van der Waals surface area (Å²) in [7, 11) is 0. The van der Waals surface area contributed by atoms with E-state index in [9.17, 15) is 0 Å². The van der Waals surface area contributed by atoms with Crippen molar-refractivity contribution in [2.75, 3.05) is 19.8 Å². The van der Waals surface area contributed by atoms with E-state index in [4.69, 9.17) is 14.2 Å². The van der Waals surface area contributed by atoms with Crippen LogP contribution in [0.3, 0.4) is 0 Å². The summed E-state index contributed by atoms with van der Waals surface area (Å²) in [5.74, 6) is 3.38. The highest BCUT2D eigenvalue weighted by atomic mass is 16.5. The lowest BCUT2D eigenvalue weighted by molar-refractivity contribution is 0.294. The number of aryl methyl sites for hydroxylation is 5. The number of hydrogen-bond acceptors (Lipinski definition) is 3. The van der Waals surface area contributed by atoms with Gasteiger partial charge in [-0.2, -0.15) is 0 Å². The number of rotatable bonds is 35. The zero-order chi connectivity index (χ0) is 42.5. The third kappa shape index (κ3) is 18.3. The average molecular weight is 811 g/mol. The van der Waals surface area contributed by atoms with Gasteiger partial charge in [-0.1, -0.05) is 201 Å². The van der Waals surface area contributed by atoms with Gasteiger partial charge in [0, 0.05) is 12.8 Å². The molecular weight excluding hydrogens is 721 g/mol. The third-order valence-electron chi connectivity index (χ3n) is 11.8. The van der Waals surface area contributed by atoms with E-state index in [-0.39, 0.29) is 0 Å². The van der Waals surface area contributed by atoms with Crippen molar-refractivity contribution in [3.8, 4) is 17.2 Å². The summed E-state index contributed by atoms with van der Waals surface area (Å²) in [6, 6.07) is 14.9. The minimum Gasteiger partial charge on any atom is -0.493 e. The van der Waals surface area contributed by atoms with Crippen LogP contribution in [0.5, 0.6) is 17.2 Å². The van der Waals surface area contributed by atoms with Crippen LogP contribution >= 0.6 is 0 Å². The molecule has 0 amide bonds. The molecular formula is C56H90O3. The molecule has 0 N–H and O–H groups in total. The molecule has 3 aromatic rings. The van der Waals surface area contributed by atoms with Crippen LogP contribution in [0.15, 0.2) is 36.4 Å². The minimum atomic E-state index is 0.757. The summed E-state index contributed by atoms with van der Waals surface area (Å²) in [5.41, 5.74) is 12.4. The van der Waals surface area contributed by atoms with Crippen LogP contribution in [0, 0.1) is 0 Å². The van der Waals surface area contributed by atoms with E-state index >= 15 is 0 Å². The molecule has 0 unspecified atom stereocenters. The van der Waals surface area contributed by atoms with Crippen molar-refractivity contribution in [3.05, 3.63) is 86.5 Å². The average Bonchev–Trinajstić information content (AvgIpc) is 3.21. The Labute approximate surface area is 365 Å². The Morgan fingerprint density at radius 1 is 0.271 bits per heavy atom. The Balaban J connectivity index is 2.20. The largest absolute Gasteiger partial charge is 0.493 e. The van der Waals surface area contributed by atoms with Crippen LogP contribution in [0.25, 0.3) is 0 Å². The molecule has 0 heterocycles. The predicted molar refractivity (Wildman–Crippen MR) is 258 cm³/mol. The van der Waals surface area contributed by atoms with Gasteiger partial charge in [-0.15, -0.1) is 0 Å².